The Bertz CT molecular complexity index is 1080. The highest BCUT2D eigenvalue weighted by Gasteiger charge is 2.19. The standard InChI is InChI=1S/C61H114O6/c1-4-7-10-13-16-19-21-23-25-26-27-28-29-30-31-32-33-34-35-36-37-39-40-42-45-48-51-54-60(63)66-57-58(56-65-59(62)53-50-47-44-18-15-12-9-6-3)67-61(64)55-52-49-46-43-41-38-24-22-20-17-14-11-8-5-2/h22,24,26-27,58H,4-21,23,25,28-57H2,1-3H3/b24-22-,27-26-. The second-order valence-electron chi connectivity index (χ2n) is 20.3. The Hall–Kier alpha value is -2.11. The summed E-state index contributed by atoms with van der Waals surface area (Å²) in [6, 6.07) is 0. The van der Waals surface area contributed by atoms with Gasteiger partial charge in [-0.2, -0.15) is 0 Å². The summed E-state index contributed by atoms with van der Waals surface area (Å²) in [6.07, 6.45) is 66.3. The quantitative estimate of drug-likeness (QED) is 0.0262. The Morgan fingerprint density at radius 2 is 0.493 bits per heavy atom. The van der Waals surface area contributed by atoms with Crippen LogP contribution >= 0.6 is 0 Å². The molecule has 0 saturated heterocycles. The monoisotopic (exact) mass is 943 g/mol. The Labute approximate surface area is 417 Å². The molecule has 0 aromatic heterocycles. The first-order chi connectivity index (χ1) is 33.0. The van der Waals surface area contributed by atoms with Crippen molar-refractivity contribution in [2.75, 3.05) is 13.2 Å². The average Bonchev–Trinajstić information content (AvgIpc) is 3.33. The van der Waals surface area contributed by atoms with E-state index in [1.54, 1.807) is 0 Å². The second kappa shape index (κ2) is 56.5. The summed E-state index contributed by atoms with van der Waals surface area (Å²) >= 11 is 0. The van der Waals surface area contributed by atoms with Gasteiger partial charge < -0.3 is 14.2 Å². The Kier molecular flexibility index (Phi) is 54.7. The summed E-state index contributed by atoms with van der Waals surface area (Å²) in [5, 5.41) is 0. The van der Waals surface area contributed by atoms with Crippen LogP contribution in [0.3, 0.4) is 0 Å². The van der Waals surface area contributed by atoms with Gasteiger partial charge in [0, 0.05) is 19.3 Å². The van der Waals surface area contributed by atoms with Gasteiger partial charge in [0.2, 0.25) is 0 Å². The van der Waals surface area contributed by atoms with E-state index in [0.29, 0.717) is 19.3 Å². The highest BCUT2D eigenvalue weighted by atomic mass is 16.6. The van der Waals surface area contributed by atoms with Crippen LogP contribution < -0.4 is 0 Å². The maximum Gasteiger partial charge on any atom is 0.306 e. The van der Waals surface area contributed by atoms with Crippen molar-refractivity contribution >= 4 is 17.9 Å². The molecule has 0 aliphatic heterocycles. The molecule has 0 aromatic carbocycles. The zero-order valence-electron chi connectivity index (χ0n) is 45.2. The Morgan fingerprint density at radius 3 is 0.746 bits per heavy atom. The number of carbonyl (C=O) groups excluding carboxylic acids is 3. The van der Waals surface area contributed by atoms with E-state index in [4.69, 9.17) is 14.2 Å². The molecule has 0 radical (unpaired) electrons. The molecule has 0 spiro atoms. The van der Waals surface area contributed by atoms with Crippen molar-refractivity contribution in [3.63, 3.8) is 0 Å². The van der Waals surface area contributed by atoms with Gasteiger partial charge in [0.05, 0.1) is 0 Å². The summed E-state index contributed by atoms with van der Waals surface area (Å²) < 4.78 is 16.8. The SMILES string of the molecule is CCCCCCC/C=C\CCCCCCCC(=O)OC(COC(=O)CCCCCCCCCC)COC(=O)CCCCCCCCCCCCCCCCC/C=C\CCCCCCCCCC. The molecule has 0 amide bonds. The van der Waals surface area contributed by atoms with Crippen molar-refractivity contribution in [2.24, 2.45) is 0 Å². The van der Waals surface area contributed by atoms with E-state index in [1.165, 1.54) is 225 Å². The van der Waals surface area contributed by atoms with E-state index in [9.17, 15) is 14.4 Å². The largest absolute Gasteiger partial charge is 0.462 e. The van der Waals surface area contributed by atoms with Crippen LogP contribution in [0.5, 0.6) is 0 Å². The van der Waals surface area contributed by atoms with Gasteiger partial charge in [-0.05, 0) is 70.6 Å². The molecule has 0 fully saturated rings. The fraction of sp³-hybridized carbons (Fsp3) is 0.885. The minimum atomic E-state index is -0.769. The molecule has 0 aliphatic rings. The van der Waals surface area contributed by atoms with E-state index in [2.05, 4.69) is 45.1 Å². The number of hydrogen-bond acceptors (Lipinski definition) is 6. The summed E-state index contributed by atoms with van der Waals surface area (Å²) in [7, 11) is 0. The van der Waals surface area contributed by atoms with E-state index < -0.39 is 6.10 Å². The first kappa shape index (κ1) is 64.9. The molecule has 0 heterocycles. The van der Waals surface area contributed by atoms with Crippen LogP contribution in [0.25, 0.3) is 0 Å². The molecule has 0 rings (SSSR count). The maximum atomic E-state index is 12.8. The van der Waals surface area contributed by atoms with Gasteiger partial charge >= 0.3 is 17.9 Å². The summed E-state index contributed by atoms with van der Waals surface area (Å²) in [5.41, 5.74) is 0. The lowest BCUT2D eigenvalue weighted by atomic mass is 10.0. The fourth-order valence-corrected chi connectivity index (χ4v) is 8.91. The topological polar surface area (TPSA) is 78.9 Å². The van der Waals surface area contributed by atoms with Crippen LogP contribution in [0.1, 0.15) is 329 Å². The van der Waals surface area contributed by atoms with Gasteiger partial charge in [0.1, 0.15) is 13.2 Å². The molecule has 0 aromatic rings. The lowest BCUT2D eigenvalue weighted by Gasteiger charge is -2.18. The van der Waals surface area contributed by atoms with Gasteiger partial charge in [0.15, 0.2) is 6.10 Å². The lowest BCUT2D eigenvalue weighted by molar-refractivity contribution is -0.167. The smallest absolute Gasteiger partial charge is 0.306 e. The highest BCUT2D eigenvalue weighted by Crippen LogP contribution is 2.17. The predicted octanol–water partition coefficient (Wildman–Crippen LogP) is 19.9. The first-order valence-corrected chi connectivity index (χ1v) is 29.8. The maximum absolute atomic E-state index is 12.8. The van der Waals surface area contributed by atoms with Gasteiger partial charge in [-0.3, -0.25) is 14.4 Å². The summed E-state index contributed by atoms with van der Waals surface area (Å²) in [5.74, 6) is -0.866. The van der Waals surface area contributed by atoms with Crippen molar-refractivity contribution in [2.45, 2.75) is 335 Å². The minimum Gasteiger partial charge on any atom is -0.462 e. The highest BCUT2D eigenvalue weighted by molar-refractivity contribution is 5.71. The molecule has 0 saturated carbocycles. The number of ether oxygens (including phenoxy) is 3. The summed E-state index contributed by atoms with van der Waals surface area (Å²) in [4.78, 5) is 38.0. The molecular formula is C61H114O6. The molecule has 67 heavy (non-hydrogen) atoms. The molecule has 0 bridgehead atoms. The molecule has 1 atom stereocenters. The zero-order valence-corrected chi connectivity index (χ0v) is 45.2. The number of hydrogen-bond donors (Lipinski definition) is 0. The van der Waals surface area contributed by atoms with Crippen molar-refractivity contribution in [1.82, 2.24) is 0 Å². The van der Waals surface area contributed by atoms with Crippen LogP contribution in [0.4, 0.5) is 0 Å². The van der Waals surface area contributed by atoms with E-state index in [0.717, 1.165) is 64.2 Å². The number of allylic oxidation sites excluding steroid dienone is 4. The van der Waals surface area contributed by atoms with Crippen LogP contribution in [-0.2, 0) is 28.6 Å². The minimum absolute atomic E-state index is 0.0702. The Balaban J connectivity index is 4.08. The predicted molar refractivity (Wildman–Crippen MR) is 289 cm³/mol. The van der Waals surface area contributed by atoms with Crippen molar-refractivity contribution in [1.29, 1.82) is 0 Å². The number of unbranched alkanes of at least 4 members (excludes halogenated alkanes) is 40. The van der Waals surface area contributed by atoms with E-state index >= 15 is 0 Å². The Morgan fingerprint density at radius 1 is 0.284 bits per heavy atom. The van der Waals surface area contributed by atoms with Crippen molar-refractivity contribution in [3.8, 4) is 0 Å². The fourth-order valence-electron chi connectivity index (χ4n) is 8.91. The zero-order chi connectivity index (χ0) is 48.6. The molecule has 6 heteroatoms. The van der Waals surface area contributed by atoms with Crippen molar-refractivity contribution < 1.29 is 28.6 Å². The normalized spacial score (nSPS) is 12.1. The van der Waals surface area contributed by atoms with Gasteiger partial charge in [0.25, 0.3) is 0 Å². The number of rotatable bonds is 55. The second-order valence-corrected chi connectivity index (χ2v) is 20.3. The number of carbonyl (C=O) groups is 3. The van der Waals surface area contributed by atoms with E-state index in [1.807, 2.05) is 0 Å². The molecular weight excluding hydrogens is 829 g/mol. The van der Waals surface area contributed by atoms with Gasteiger partial charge in [-0.15, -0.1) is 0 Å². The molecule has 6 nitrogen and oxygen atoms in total. The third-order valence-corrected chi connectivity index (χ3v) is 13.4. The summed E-state index contributed by atoms with van der Waals surface area (Å²) in [6.45, 7) is 6.63. The van der Waals surface area contributed by atoms with E-state index in [-0.39, 0.29) is 31.1 Å². The number of esters is 3. The van der Waals surface area contributed by atoms with Gasteiger partial charge in [-0.25, -0.2) is 0 Å². The third kappa shape index (κ3) is 54.7. The molecule has 1 unspecified atom stereocenters. The van der Waals surface area contributed by atoms with Gasteiger partial charge in [-0.1, -0.05) is 263 Å². The first-order valence-electron chi connectivity index (χ1n) is 29.8. The molecule has 0 N–H and O–H groups in total. The van der Waals surface area contributed by atoms with Crippen LogP contribution in [0, 0.1) is 0 Å². The average molecular weight is 944 g/mol. The van der Waals surface area contributed by atoms with Crippen LogP contribution in [0.15, 0.2) is 24.3 Å². The molecule has 0 aliphatic carbocycles. The van der Waals surface area contributed by atoms with Crippen molar-refractivity contribution in [3.05, 3.63) is 24.3 Å². The van der Waals surface area contributed by atoms with Crippen LogP contribution in [0.2, 0.25) is 0 Å². The third-order valence-electron chi connectivity index (χ3n) is 13.4. The van der Waals surface area contributed by atoms with Crippen LogP contribution in [-0.4, -0.2) is 37.2 Å². The molecule has 394 valence electrons. The lowest BCUT2D eigenvalue weighted by Crippen LogP contribution is -2.30.